The minimum absolute atomic E-state index is 0.580. The van der Waals surface area contributed by atoms with Gasteiger partial charge in [0.25, 0.3) is 0 Å². The zero-order chi connectivity index (χ0) is 5.98. The number of carbonyl (C=O) groups is 2. The Balaban J connectivity index is 2.89. The fourth-order valence-corrected chi connectivity index (χ4v) is 0.335. The van der Waals surface area contributed by atoms with E-state index in [0.29, 0.717) is 0 Å². The lowest BCUT2D eigenvalue weighted by atomic mass is 10.3. The highest BCUT2D eigenvalue weighted by atomic mass is 16.2. The van der Waals surface area contributed by atoms with Crippen LogP contribution in [0.4, 0.5) is 0 Å². The Morgan fingerprint density at radius 1 is 1.50 bits per heavy atom. The van der Waals surface area contributed by atoms with Gasteiger partial charge >= 0.3 is 5.91 Å². The predicted molar refractivity (Wildman–Crippen MR) is 26.6 cm³/mol. The number of allylic oxidation sites excluding steroid dienone is 1. The minimum atomic E-state index is -0.743. The first-order chi connectivity index (χ1) is 3.80. The molecule has 0 aromatic carbocycles. The van der Waals surface area contributed by atoms with Crippen LogP contribution < -0.4 is 0 Å². The monoisotopic (exact) mass is 108 g/mol. The van der Waals surface area contributed by atoms with Gasteiger partial charge in [-0.15, -0.1) is 0 Å². The average molecular weight is 108 g/mol. The van der Waals surface area contributed by atoms with Gasteiger partial charge in [-0.3, -0.25) is 9.59 Å². The molecule has 0 bridgehead atoms. The van der Waals surface area contributed by atoms with Crippen molar-refractivity contribution in [2.45, 2.75) is 0 Å². The summed E-state index contributed by atoms with van der Waals surface area (Å²) in [4.78, 5) is 23.5. The first-order valence-corrected chi connectivity index (χ1v) is 2.02. The van der Waals surface area contributed by atoms with E-state index in [4.69, 9.17) is 0 Å². The highest BCUT2D eigenvalue weighted by Gasteiger charge is 2.08. The second-order valence-electron chi connectivity index (χ2n) is 1.24. The van der Waals surface area contributed by atoms with Crippen molar-refractivity contribution in [3.63, 3.8) is 0 Å². The molecule has 0 N–H and O–H groups in total. The molecule has 3 nitrogen and oxygen atoms in total. The normalized spacial score (nSPS) is 17.5. The SMILES string of the molecule is O=C1C=C[C]=NC1=O. The summed E-state index contributed by atoms with van der Waals surface area (Å²) in [5.41, 5.74) is 0. The zero-order valence-electron chi connectivity index (χ0n) is 3.92. The van der Waals surface area contributed by atoms with Crippen molar-refractivity contribution < 1.29 is 9.59 Å². The number of rotatable bonds is 0. The van der Waals surface area contributed by atoms with Gasteiger partial charge in [-0.05, 0) is 12.2 Å². The summed E-state index contributed by atoms with van der Waals surface area (Å²) in [5.74, 6) is -1.32. The molecule has 0 aromatic heterocycles. The first-order valence-electron chi connectivity index (χ1n) is 2.02. The Hall–Kier alpha value is -1.25. The number of aliphatic imine (C=N–C) groups is 1. The fraction of sp³-hybridized carbons (Fsp3) is 0. The molecule has 3 heteroatoms. The van der Waals surface area contributed by atoms with Crippen LogP contribution >= 0.6 is 0 Å². The quantitative estimate of drug-likeness (QED) is 0.396. The van der Waals surface area contributed by atoms with E-state index in [1.165, 1.54) is 6.08 Å². The number of hydrogen-bond acceptors (Lipinski definition) is 2. The standard InChI is InChI=1S/C5H2NO2/c7-4-2-1-3-6-5(4)8/h1-2H. The third kappa shape index (κ3) is 0.703. The van der Waals surface area contributed by atoms with E-state index in [1.807, 2.05) is 0 Å². The van der Waals surface area contributed by atoms with Crippen LogP contribution in [0.3, 0.4) is 0 Å². The van der Waals surface area contributed by atoms with Crippen molar-refractivity contribution in [3.05, 3.63) is 12.2 Å². The maximum Gasteiger partial charge on any atom is 0.318 e. The molecule has 0 saturated heterocycles. The maximum atomic E-state index is 10.2. The van der Waals surface area contributed by atoms with E-state index in [9.17, 15) is 9.59 Å². The molecule has 39 valence electrons. The fourth-order valence-electron chi connectivity index (χ4n) is 0.335. The van der Waals surface area contributed by atoms with Crippen molar-refractivity contribution in [1.29, 1.82) is 0 Å². The average Bonchev–Trinajstić information content (AvgIpc) is 1.77. The molecular formula is C5H2NO2. The van der Waals surface area contributed by atoms with Gasteiger partial charge in [0.05, 0.1) is 6.21 Å². The minimum Gasteiger partial charge on any atom is -0.284 e. The molecule has 1 amide bonds. The van der Waals surface area contributed by atoms with Crippen LogP contribution in [0.2, 0.25) is 0 Å². The van der Waals surface area contributed by atoms with E-state index in [-0.39, 0.29) is 0 Å². The van der Waals surface area contributed by atoms with Gasteiger partial charge in [0, 0.05) is 0 Å². The Kier molecular flexibility index (Phi) is 1.04. The van der Waals surface area contributed by atoms with Crippen LogP contribution in [0.15, 0.2) is 17.1 Å². The zero-order valence-corrected chi connectivity index (χ0v) is 3.92. The van der Waals surface area contributed by atoms with Gasteiger partial charge in [0.1, 0.15) is 0 Å². The third-order valence-electron chi connectivity index (χ3n) is 0.686. The smallest absolute Gasteiger partial charge is 0.284 e. The van der Waals surface area contributed by atoms with E-state index in [0.717, 1.165) is 6.08 Å². The molecular weight excluding hydrogens is 106 g/mol. The molecule has 0 unspecified atom stereocenters. The molecule has 0 aliphatic carbocycles. The molecule has 1 heterocycles. The number of nitrogens with zero attached hydrogens (tertiary/aromatic N) is 1. The summed E-state index contributed by atoms with van der Waals surface area (Å²) < 4.78 is 0. The van der Waals surface area contributed by atoms with Crippen molar-refractivity contribution in [2.24, 2.45) is 4.99 Å². The molecule has 1 radical (unpaired) electrons. The Morgan fingerprint density at radius 3 is 2.62 bits per heavy atom. The molecule has 8 heavy (non-hydrogen) atoms. The van der Waals surface area contributed by atoms with Gasteiger partial charge in [0.15, 0.2) is 0 Å². The molecule has 0 saturated carbocycles. The Bertz CT molecular complexity index is 169. The highest BCUT2D eigenvalue weighted by Crippen LogP contribution is 1.86. The summed E-state index contributed by atoms with van der Waals surface area (Å²) in [7, 11) is 0. The van der Waals surface area contributed by atoms with Crippen LogP contribution in [0.5, 0.6) is 0 Å². The molecule has 1 rings (SSSR count). The van der Waals surface area contributed by atoms with E-state index >= 15 is 0 Å². The third-order valence-corrected chi connectivity index (χ3v) is 0.686. The predicted octanol–water partition coefficient (Wildman–Crippen LogP) is -0.400. The van der Waals surface area contributed by atoms with Crippen molar-refractivity contribution in [1.82, 2.24) is 0 Å². The summed E-state index contributed by atoms with van der Waals surface area (Å²) in [6.07, 6.45) is 4.68. The lowest BCUT2D eigenvalue weighted by molar-refractivity contribution is -0.133. The van der Waals surface area contributed by atoms with Crippen LogP contribution in [0.25, 0.3) is 0 Å². The van der Waals surface area contributed by atoms with E-state index in [2.05, 4.69) is 11.2 Å². The van der Waals surface area contributed by atoms with Gasteiger partial charge in [-0.2, -0.15) is 0 Å². The number of hydrogen-bond donors (Lipinski definition) is 0. The van der Waals surface area contributed by atoms with E-state index in [1.54, 1.807) is 0 Å². The molecule has 0 spiro atoms. The summed E-state index contributed by atoms with van der Waals surface area (Å²) in [6.45, 7) is 0. The van der Waals surface area contributed by atoms with Gasteiger partial charge < -0.3 is 0 Å². The maximum absolute atomic E-state index is 10.2. The second-order valence-corrected chi connectivity index (χ2v) is 1.24. The van der Waals surface area contributed by atoms with Crippen LogP contribution in [0, 0.1) is 0 Å². The Labute approximate surface area is 45.7 Å². The van der Waals surface area contributed by atoms with Gasteiger partial charge in [-0.1, -0.05) is 0 Å². The summed E-state index contributed by atoms with van der Waals surface area (Å²) >= 11 is 0. The number of carbonyl (C=O) groups excluding carboxylic acids is 2. The Morgan fingerprint density at radius 2 is 2.25 bits per heavy atom. The van der Waals surface area contributed by atoms with Crippen molar-refractivity contribution >= 4 is 17.9 Å². The molecule has 0 aromatic rings. The van der Waals surface area contributed by atoms with Crippen molar-refractivity contribution in [2.75, 3.05) is 0 Å². The summed E-state index contributed by atoms with van der Waals surface area (Å²) in [6, 6.07) is 0. The first kappa shape index (κ1) is 4.90. The topological polar surface area (TPSA) is 46.5 Å². The molecule has 0 fully saturated rings. The lowest BCUT2D eigenvalue weighted by Crippen LogP contribution is -2.10. The number of ketones is 1. The van der Waals surface area contributed by atoms with Gasteiger partial charge in [0.2, 0.25) is 5.78 Å². The van der Waals surface area contributed by atoms with Crippen LogP contribution in [0.1, 0.15) is 0 Å². The number of dihydropyridines is 1. The molecule has 1 aliphatic heterocycles. The van der Waals surface area contributed by atoms with Gasteiger partial charge in [-0.25, -0.2) is 4.99 Å². The lowest BCUT2D eigenvalue weighted by Gasteiger charge is -1.87. The highest BCUT2D eigenvalue weighted by molar-refractivity contribution is 6.43. The largest absolute Gasteiger partial charge is 0.318 e. The number of amides is 1. The second kappa shape index (κ2) is 1.69. The summed E-state index contributed by atoms with van der Waals surface area (Å²) in [5, 5.41) is 0. The molecule has 0 atom stereocenters. The van der Waals surface area contributed by atoms with E-state index < -0.39 is 11.7 Å². The molecule has 1 aliphatic rings. The van der Waals surface area contributed by atoms with Crippen LogP contribution in [-0.2, 0) is 9.59 Å². The van der Waals surface area contributed by atoms with Crippen LogP contribution in [-0.4, -0.2) is 17.9 Å². The van der Waals surface area contributed by atoms with Crippen molar-refractivity contribution in [3.8, 4) is 0 Å².